The number of nitrogens with zero attached hydrogens (tertiary/aromatic N) is 2. The van der Waals surface area contributed by atoms with Crippen LogP contribution in [0.3, 0.4) is 0 Å². The van der Waals surface area contributed by atoms with Gasteiger partial charge in [0.15, 0.2) is 0 Å². The molecule has 1 aliphatic heterocycles. The van der Waals surface area contributed by atoms with E-state index in [1.807, 2.05) is 17.7 Å². The van der Waals surface area contributed by atoms with E-state index in [9.17, 15) is 9.59 Å². The zero-order valence-electron chi connectivity index (χ0n) is 15.7. The first kappa shape index (κ1) is 19.9. The van der Waals surface area contributed by atoms with Crippen LogP contribution < -0.4 is 4.74 Å². The van der Waals surface area contributed by atoms with Crippen molar-refractivity contribution in [3.05, 3.63) is 27.9 Å². The summed E-state index contributed by atoms with van der Waals surface area (Å²) in [5, 5.41) is 0.707. The number of carbonyl (C=O) groups is 2. The number of halogens is 1. The molecule has 0 bridgehead atoms. The number of aryl methyl sites for hydroxylation is 1. The molecule has 1 saturated heterocycles. The molecule has 146 valence electrons. The van der Waals surface area contributed by atoms with Gasteiger partial charge >= 0.3 is 11.9 Å². The number of benzene rings is 1. The van der Waals surface area contributed by atoms with Gasteiger partial charge in [-0.2, -0.15) is 0 Å². The van der Waals surface area contributed by atoms with Crippen molar-refractivity contribution in [3.63, 3.8) is 0 Å². The molecule has 7 nitrogen and oxygen atoms in total. The van der Waals surface area contributed by atoms with Gasteiger partial charge in [-0.1, -0.05) is 0 Å². The first-order valence-electron chi connectivity index (χ1n) is 8.88. The number of hydrogen-bond acceptors (Lipinski definition) is 6. The molecule has 1 aromatic carbocycles. The van der Waals surface area contributed by atoms with Gasteiger partial charge in [-0.15, -0.1) is 0 Å². The van der Waals surface area contributed by atoms with Crippen molar-refractivity contribution in [1.29, 1.82) is 0 Å². The van der Waals surface area contributed by atoms with Crippen molar-refractivity contribution in [2.24, 2.45) is 7.05 Å². The van der Waals surface area contributed by atoms with Crippen molar-refractivity contribution in [2.75, 3.05) is 32.9 Å². The Hall–Kier alpha value is -1.90. The Kier molecular flexibility index (Phi) is 6.18. The monoisotopic (exact) mass is 438 g/mol. The summed E-state index contributed by atoms with van der Waals surface area (Å²) < 4.78 is 18.7. The van der Waals surface area contributed by atoms with E-state index in [1.165, 1.54) is 6.92 Å². The normalized spacial score (nSPS) is 15.1. The Morgan fingerprint density at radius 2 is 1.96 bits per heavy atom. The van der Waals surface area contributed by atoms with E-state index in [0.29, 0.717) is 47.5 Å². The molecule has 0 unspecified atom stereocenters. The van der Waals surface area contributed by atoms with E-state index in [4.69, 9.17) is 14.2 Å². The van der Waals surface area contributed by atoms with E-state index in [-0.39, 0.29) is 5.97 Å². The largest absolute Gasteiger partial charge is 0.462 e. The molecule has 2 aromatic rings. The fourth-order valence-corrected chi connectivity index (χ4v) is 3.72. The molecule has 27 heavy (non-hydrogen) atoms. The molecule has 2 heterocycles. The molecule has 3 rings (SSSR count). The Bertz CT molecular complexity index is 871. The maximum absolute atomic E-state index is 12.8. The van der Waals surface area contributed by atoms with Crippen molar-refractivity contribution < 1.29 is 23.8 Å². The number of morpholine rings is 1. The number of esters is 2. The van der Waals surface area contributed by atoms with Gasteiger partial charge in [0.05, 0.1) is 35.4 Å². The van der Waals surface area contributed by atoms with Gasteiger partial charge in [0.2, 0.25) is 0 Å². The minimum atomic E-state index is -0.419. The molecule has 1 aromatic heterocycles. The molecule has 0 aliphatic carbocycles. The summed E-state index contributed by atoms with van der Waals surface area (Å²) in [5.41, 5.74) is 2.25. The van der Waals surface area contributed by atoms with Gasteiger partial charge in [-0.25, -0.2) is 4.79 Å². The molecule has 0 spiro atoms. The zero-order valence-corrected chi connectivity index (χ0v) is 17.3. The van der Waals surface area contributed by atoms with Gasteiger partial charge in [0.1, 0.15) is 5.75 Å². The SMILES string of the molecule is CCOC(=O)c1c(CN2CCOCC2)n(C)c2cc(Br)c(OC(C)=O)cc12. The molecule has 0 radical (unpaired) electrons. The van der Waals surface area contributed by atoms with Gasteiger partial charge in [0.25, 0.3) is 0 Å². The number of ether oxygens (including phenoxy) is 3. The fraction of sp³-hybridized carbons (Fsp3) is 0.474. The Labute approximate surface area is 166 Å². The topological polar surface area (TPSA) is 70.0 Å². The average molecular weight is 439 g/mol. The highest BCUT2D eigenvalue weighted by Gasteiger charge is 2.26. The smallest absolute Gasteiger partial charge is 0.340 e. The van der Waals surface area contributed by atoms with E-state index >= 15 is 0 Å². The summed E-state index contributed by atoms with van der Waals surface area (Å²) >= 11 is 3.45. The number of fused-ring (bicyclic) bond motifs is 1. The van der Waals surface area contributed by atoms with Crippen LogP contribution in [-0.4, -0.2) is 54.3 Å². The number of carbonyl (C=O) groups excluding carboxylic acids is 2. The summed E-state index contributed by atoms with van der Waals surface area (Å²) in [6, 6.07) is 3.58. The van der Waals surface area contributed by atoms with Crippen LogP contribution >= 0.6 is 15.9 Å². The second kappa shape index (κ2) is 8.41. The molecule has 0 amide bonds. The standard InChI is InChI=1S/C19H23BrN2O5/c1-4-26-19(24)18-13-9-17(27-12(2)23)14(20)10-15(13)21(3)16(18)11-22-5-7-25-8-6-22/h9-10H,4-8,11H2,1-3H3. The highest BCUT2D eigenvalue weighted by molar-refractivity contribution is 9.10. The molecule has 8 heteroatoms. The quantitative estimate of drug-likeness (QED) is 0.527. The van der Waals surface area contributed by atoms with Crippen LogP contribution in [0.2, 0.25) is 0 Å². The van der Waals surface area contributed by atoms with E-state index in [2.05, 4.69) is 20.8 Å². The van der Waals surface area contributed by atoms with Gasteiger partial charge in [0, 0.05) is 44.7 Å². The molecule has 0 atom stereocenters. The zero-order chi connectivity index (χ0) is 19.6. The van der Waals surface area contributed by atoms with E-state index in [0.717, 1.165) is 24.3 Å². The van der Waals surface area contributed by atoms with Gasteiger partial charge < -0.3 is 18.8 Å². The lowest BCUT2D eigenvalue weighted by molar-refractivity contribution is -0.131. The third kappa shape index (κ3) is 4.17. The molecule has 1 aliphatic rings. The second-order valence-electron chi connectivity index (χ2n) is 6.38. The van der Waals surface area contributed by atoms with Gasteiger partial charge in [-0.05, 0) is 35.0 Å². The molecular formula is C19H23BrN2O5. The molecule has 0 saturated carbocycles. The molecule has 1 fully saturated rings. The minimum absolute atomic E-state index is 0.291. The Morgan fingerprint density at radius 1 is 1.26 bits per heavy atom. The highest BCUT2D eigenvalue weighted by Crippen LogP contribution is 2.35. The molecular weight excluding hydrogens is 416 g/mol. The van der Waals surface area contributed by atoms with Crippen LogP contribution in [0, 0.1) is 0 Å². The Balaban J connectivity index is 2.13. The third-order valence-electron chi connectivity index (χ3n) is 4.58. The maximum atomic E-state index is 12.8. The predicted octanol–water partition coefficient (Wildman–Crippen LogP) is 2.88. The maximum Gasteiger partial charge on any atom is 0.340 e. The van der Waals surface area contributed by atoms with Crippen molar-refractivity contribution in [1.82, 2.24) is 9.47 Å². The van der Waals surface area contributed by atoms with Crippen molar-refractivity contribution in [3.8, 4) is 5.75 Å². The summed E-state index contributed by atoms with van der Waals surface area (Å²) in [6.07, 6.45) is 0. The van der Waals surface area contributed by atoms with Gasteiger partial charge in [-0.3, -0.25) is 9.69 Å². The number of aromatic nitrogens is 1. The first-order chi connectivity index (χ1) is 12.9. The van der Waals surface area contributed by atoms with Crippen LogP contribution in [0.25, 0.3) is 10.9 Å². The van der Waals surface area contributed by atoms with Crippen LogP contribution in [0.15, 0.2) is 16.6 Å². The van der Waals surface area contributed by atoms with Crippen LogP contribution in [-0.2, 0) is 27.9 Å². The molecule has 0 N–H and O–H groups in total. The first-order valence-corrected chi connectivity index (χ1v) is 9.68. The summed E-state index contributed by atoms with van der Waals surface area (Å²) in [7, 11) is 1.93. The number of hydrogen-bond donors (Lipinski definition) is 0. The lowest BCUT2D eigenvalue weighted by Gasteiger charge is -2.27. The van der Waals surface area contributed by atoms with Crippen LogP contribution in [0.5, 0.6) is 5.75 Å². The van der Waals surface area contributed by atoms with Crippen LogP contribution in [0.4, 0.5) is 0 Å². The predicted molar refractivity (Wildman–Crippen MR) is 104 cm³/mol. The third-order valence-corrected chi connectivity index (χ3v) is 5.20. The average Bonchev–Trinajstić information content (AvgIpc) is 2.88. The summed E-state index contributed by atoms with van der Waals surface area (Å²) in [5.74, 6) is -0.413. The lowest BCUT2D eigenvalue weighted by Crippen LogP contribution is -2.36. The number of rotatable bonds is 5. The fourth-order valence-electron chi connectivity index (χ4n) is 3.31. The minimum Gasteiger partial charge on any atom is -0.462 e. The lowest BCUT2D eigenvalue weighted by atomic mass is 10.1. The second-order valence-corrected chi connectivity index (χ2v) is 7.24. The van der Waals surface area contributed by atoms with Crippen molar-refractivity contribution in [2.45, 2.75) is 20.4 Å². The van der Waals surface area contributed by atoms with E-state index < -0.39 is 5.97 Å². The van der Waals surface area contributed by atoms with E-state index in [1.54, 1.807) is 13.0 Å². The Morgan fingerprint density at radius 3 is 2.59 bits per heavy atom. The summed E-state index contributed by atoms with van der Waals surface area (Å²) in [4.78, 5) is 26.4. The van der Waals surface area contributed by atoms with Crippen LogP contribution in [0.1, 0.15) is 29.9 Å². The summed E-state index contributed by atoms with van der Waals surface area (Å²) in [6.45, 7) is 7.02. The van der Waals surface area contributed by atoms with Crippen molar-refractivity contribution >= 4 is 38.8 Å². The highest BCUT2D eigenvalue weighted by atomic mass is 79.9.